The smallest absolute Gasteiger partial charge is 0.123 e. The first-order chi connectivity index (χ1) is 8.27. The lowest BCUT2D eigenvalue weighted by Crippen LogP contribution is -2.13. The van der Waals surface area contributed by atoms with Gasteiger partial charge >= 0.3 is 0 Å². The van der Waals surface area contributed by atoms with Crippen LogP contribution in [0.25, 0.3) is 0 Å². The molecule has 2 N–H and O–H groups in total. The molecule has 0 bridgehead atoms. The molecule has 3 rings (SSSR count). The van der Waals surface area contributed by atoms with Crippen LogP contribution in [0, 0.1) is 12.8 Å². The zero-order valence-corrected chi connectivity index (χ0v) is 9.97. The van der Waals surface area contributed by atoms with Gasteiger partial charge in [-0.15, -0.1) is 0 Å². The molecule has 17 heavy (non-hydrogen) atoms. The van der Waals surface area contributed by atoms with Crippen LogP contribution in [0.3, 0.4) is 0 Å². The van der Waals surface area contributed by atoms with Crippen molar-refractivity contribution in [3.05, 3.63) is 59.5 Å². The number of hydrogen-bond acceptors (Lipinski definition) is 2. The number of aryl methyl sites for hydroxylation is 1. The lowest BCUT2D eigenvalue weighted by atomic mass is 10.0. The van der Waals surface area contributed by atoms with E-state index in [4.69, 9.17) is 10.2 Å². The van der Waals surface area contributed by atoms with E-state index in [1.54, 1.807) is 6.26 Å². The van der Waals surface area contributed by atoms with Gasteiger partial charge in [0, 0.05) is 0 Å². The Hall–Kier alpha value is -1.54. The van der Waals surface area contributed by atoms with Gasteiger partial charge in [-0.25, -0.2) is 0 Å². The molecule has 0 amide bonds. The van der Waals surface area contributed by atoms with Gasteiger partial charge in [-0.1, -0.05) is 30.3 Å². The van der Waals surface area contributed by atoms with Crippen molar-refractivity contribution in [3.8, 4) is 0 Å². The molecule has 3 atom stereocenters. The summed E-state index contributed by atoms with van der Waals surface area (Å²) in [6.07, 6.45) is 2.90. The number of benzene rings is 1. The number of rotatable bonds is 3. The fraction of sp³-hybridized carbons (Fsp3) is 0.333. The molecule has 0 aliphatic heterocycles. The zero-order chi connectivity index (χ0) is 11.8. The van der Waals surface area contributed by atoms with Crippen LogP contribution >= 0.6 is 0 Å². The van der Waals surface area contributed by atoms with Crippen LogP contribution in [0.4, 0.5) is 0 Å². The summed E-state index contributed by atoms with van der Waals surface area (Å²) in [5.41, 5.74) is 8.84. The molecule has 1 saturated carbocycles. The Bertz CT molecular complexity index is 503. The van der Waals surface area contributed by atoms with Gasteiger partial charge in [0.05, 0.1) is 12.3 Å². The van der Waals surface area contributed by atoms with Crippen molar-refractivity contribution in [3.63, 3.8) is 0 Å². The SMILES string of the molecule is Cc1ccoc1C(N)C1CC1c1ccccc1. The minimum atomic E-state index is 0.0372. The van der Waals surface area contributed by atoms with Crippen LogP contribution < -0.4 is 5.73 Å². The zero-order valence-electron chi connectivity index (χ0n) is 9.97. The third-order valence-corrected chi connectivity index (χ3v) is 3.73. The van der Waals surface area contributed by atoms with E-state index >= 15 is 0 Å². The Morgan fingerprint density at radius 3 is 2.65 bits per heavy atom. The first kappa shape index (κ1) is 10.6. The highest BCUT2D eigenvalue weighted by atomic mass is 16.3. The Morgan fingerprint density at radius 1 is 1.24 bits per heavy atom. The highest BCUT2D eigenvalue weighted by molar-refractivity contribution is 5.29. The van der Waals surface area contributed by atoms with Crippen molar-refractivity contribution in [2.24, 2.45) is 11.7 Å². The van der Waals surface area contributed by atoms with E-state index in [0.717, 1.165) is 11.3 Å². The molecule has 1 aliphatic rings. The molecule has 2 nitrogen and oxygen atoms in total. The summed E-state index contributed by atoms with van der Waals surface area (Å²) in [6, 6.07) is 12.6. The van der Waals surface area contributed by atoms with Crippen LogP contribution in [0.15, 0.2) is 47.1 Å². The third-order valence-electron chi connectivity index (χ3n) is 3.73. The van der Waals surface area contributed by atoms with Gasteiger partial charge in [-0.05, 0) is 42.4 Å². The van der Waals surface area contributed by atoms with E-state index in [2.05, 4.69) is 37.3 Å². The highest BCUT2D eigenvalue weighted by Crippen LogP contribution is 2.53. The number of hydrogen-bond donors (Lipinski definition) is 1. The number of nitrogens with two attached hydrogens (primary N) is 1. The average molecular weight is 227 g/mol. The summed E-state index contributed by atoms with van der Waals surface area (Å²) in [6.45, 7) is 2.05. The van der Waals surface area contributed by atoms with Crippen molar-refractivity contribution < 1.29 is 4.42 Å². The van der Waals surface area contributed by atoms with Gasteiger partial charge < -0.3 is 10.2 Å². The summed E-state index contributed by atoms with van der Waals surface area (Å²) in [7, 11) is 0. The van der Waals surface area contributed by atoms with Crippen molar-refractivity contribution in [1.29, 1.82) is 0 Å². The van der Waals surface area contributed by atoms with E-state index in [-0.39, 0.29) is 6.04 Å². The topological polar surface area (TPSA) is 39.2 Å². The Kier molecular flexibility index (Phi) is 2.52. The van der Waals surface area contributed by atoms with Crippen molar-refractivity contribution in [2.45, 2.75) is 25.3 Å². The predicted octanol–water partition coefficient (Wildman–Crippen LogP) is 3.39. The molecule has 1 aromatic carbocycles. The summed E-state index contributed by atoms with van der Waals surface area (Å²) in [5, 5.41) is 0. The molecule has 1 aromatic heterocycles. The summed E-state index contributed by atoms with van der Waals surface area (Å²) < 4.78 is 5.49. The van der Waals surface area contributed by atoms with Crippen LogP contribution in [-0.2, 0) is 0 Å². The van der Waals surface area contributed by atoms with Gasteiger partial charge in [0.1, 0.15) is 5.76 Å². The largest absolute Gasteiger partial charge is 0.467 e. The van der Waals surface area contributed by atoms with E-state index in [9.17, 15) is 0 Å². The Morgan fingerprint density at radius 2 is 2.00 bits per heavy atom. The van der Waals surface area contributed by atoms with Gasteiger partial charge in [0.25, 0.3) is 0 Å². The predicted molar refractivity (Wildman–Crippen MR) is 67.7 cm³/mol. The van der Waals surface area contributed by atoms with E-state index in [0.29, 0.717) is 11.8 Å². The molecule has 0 radical (unpaired) electrons. The van der Waals surface area contributed by atoms with E-state index in [1.807, 2.05) is 6.07 Å². The van der Waals surface area contributed by atoms with Crippen molar-refractivity contribution in [1.82, 2.24) is 0 Å². The second-order valence-corrected chi connectivity index (χ2v) is 4.91. The molecule has 1 heterocycles. The van der Waals surface area contributed by atoms with E-state index in [1.165, 1.54) is 12.0 Å². The second-order valence-electron chi connectivity index (χ2n) is 4.91. The Labute approximate surface area is 101 Å². The first-order valence-corrected chi connectivity index (χ1v) is 6.12. The molecule has 88 valence electrons. The molecule has 2 aromatic rings. The summed E-state index contributed by atoms with van der Waals surface area (Å²) in [5.74, 6) is 2.09. The number of furan rings is 1. The van der Waals surface area contributed by atoms with Crippen LogP contribution in [0.2, 0.25) is 0 Å². The van der Waals surface area contributed by atoms with Gasteiger partial charge in [-0.3, -0.25) is 0 Å². The van der Waals surface area contributed by atoms with Gasteiger partial charge in [-0.2, -0.15) is 0 Å². The standard InChI is InChI=1S/C15H17NO/c1-10-7-8-17-15(10)14(16)13-9-12(13)11-5-3-2-4-6-11/h2-8,12-14H,9,16H2,1H3. The average Bonchev–Trinajstić information content (AvgIpc) is 3.05. The van der Waals surface area contributed by atoms with E-state index < -0.39 is 0 Å². The normalized spacial score (nSPS) is 24.6. The quantitative estimate of drug-likeness (QED) is 0.873. The van der Waals surface area contributed by atoms with Crippen molar-refractivity contribution >= 4 is 0 Å². The maximum absolute atomic E-state index is 6.28. The monoisotopic (exact) mass is 227 g/mol. The summed E-state index contributed by atoms with van der Waals surface area (Å²) >= 11 is 0. The molecule has 0 saturated heterocycles. The van der Waals surface area contributed by atoms with Crippen molar-refractivity contribution in [2.75, 3.05) is 0 Å². The lowest BCUT2D eigenvalue weighted by molar-refractivity contribution is 0.436. The molecular weight excluding hydrogens is 210 g/mol. The molecule has 0 spiro atoms. The maximum atomic E-state index is 6.28. The second kappa shape index (κ2) is 4.04. The molecule has 1 aliphatic carbocycles. The maximum Gasteiger partial charge on any atom is 0.123 e. The highest BCUT2D eigenvalue weighted by Gasteiger charge is 2.44. The summed E-state index contributed by atoms with van der Waals surface area (Å²) in [4.78, 5) is 0. The third kappa shape index (κ3) is 1.89. The molecule has 1 fully saturated rings. The minimum absolute atomic E-state index is 0.0372. The molecule has 2 heteroatoms. The van der Waals surface area contributed by atoms with Gasteiger partial charge in [0.15, 0.2) is 0 Å². The van der Waals surface area contributed by atoms with Crippen LogP contribution in [0.5, 0.6) is 0 Å². The molecular formula is C15H17NO. The minimum Gasteiger partial charge on any atom is -0.467 e. The fourth-order valence-electron chi connectivity index (χ4n) is 2.62. The lowest BCUT2D eigenvalue weighted by Gasteiger charge is -2.09. The van der Waals surface area contributed by atoms with Crippen LogP contribution in [0.1, 0.15) is 35.3 Å². The van der Waals surface area contributed by atoms with Gasteiger partial charge in [0.2, 0.25) is 0 Å². The molecule has 3 unspecified atom stereocenters. The first-order valence-electron chi connectivity index (χ1n) is 6.12. The van der Waals surface area contributed by atoms with Crippen LogP contribution in [-0.4, -0.2) is 0 Å². The fourth-order valence-corrected chi connectivity index (χ4v) is 2.62. The Balaban J connectivity index is 1.75.